The minimum Gasteiger partial charge on any atom is -0.481 e. The summed E-state index contributed by atoms with van der Waals surface area (Å²) in [6.45, 7) is 1.79. The van der Waals surface area contributed by atoms with Crippen LogP contribution in [0.25, 0.3) is 0 Å². The third-order valence-electron chi connectivity index (χ3n) is 2.74. The first kappa shape index (κ1) is 13.6. The zero-order valence-corrected chi connectivity index (χ0v) is 9.77. The number of carboxylic acid groups (broad SMARTS) is 1. The lowest BCUT2D eigenvalue weighted by atomic mass is 9.90. The fourth-order valence-electron chi connectivity index (χ4n) is 1.74. The summed E-state index contributed by atoms with van der Waals surface area (Å²) >= 11 is 0. The van der Waals surface area contributed by atoms with Gasteiger partial charge in [-0.15, -0.1) is 0 Å². The van der Waals surface area contributed by atoms with E-state index < -0.39 is 11.9 Å². The van der Waals surface area contributed by atoms with Gasteiger partial charge in [-0.1, -0.05) is 19.1 Å². The van der Waals surface area contributed by atoms with E-state index in [0.29, 0.717) is 12.8 Å². The average molecular weight is 240 g/mol. The molecule has 94 valence electrons. The first-order valence-electron chi connectivity index (χ1n) is 5.61. The Morgan fingerprint density at radius 1 is 1.35 bits per heavy atom. The molecule has 1 rings (SSSR count). The normalized spacial score (nSPS) is 14.3. The second-order valence-electron chi connectivity index (χ2n) is 4.39. The van der Waals surface area contributed by atoms with Gasteiger partial charge in [0.05, 0.1) is 5.92 Å². The van der Waals surface area contributed by atoms with Gasteiger partial charge in [-0.25, -0.2) is 4.39 Å². The molecule has 4 heteroatoms. The van der Waals surface area contributed by atoms with Crippen molar-refractivity contribution >= 4 is 5.97 Å². The van der Waals surface area contributed by atoms with Gasteiger partial charge >= 0.3 is 5.97 Å². The first-order chi connectivity index (χ1) is 8.02. The number of carboxylic acids is 1. The van der Waals surface area contributed by atoms with Crippen LogP contribution in [-0.2, 0) is 11.2 Å². The molecule has 2 atom stereocenters. The quantitative estimate of drug-likeness (QED) is 0.800. The molecule has 0 aromatic heterocycles. The molecule has 0 heterocycles. The van der Waals surface area contributed by atoms with Gasteiger partial charge in [0.25, 0.3) is 0 Å². The average Bonchev–Trinajstić information content (AvgIpc) is 2.30. The lowest BCUT2D eigenvalue weighted by Gasteiger charge is -2.15. The lowest BCUT2D eigenvalue weighted by molar-refractivity contribution is -0.142. The molecule has 3 nitrogen and oxygen atoms in total. The van der Waals surface area contributed by atoms with Crippen molar-refractivity contribution in [3.8, 4) is 0 Å². The monoisotopic (exact) mass is 240 g/mol. The molecule has 0 aliphatic heterocycles. The highest BCUT2D eigenvalue weighted by atomic mass is 19.1. The van der Waals surface area contributed by atoms with Crippen LogP contribution >= 0.6 is 0 Å². The Morgan fingerprint density at radius 3 is 2.41 bits per heavy atom. The minimum atomic E-state index is -0.880. The van der Waals surface area contributed by atoms with E-state index in [2.05, 4.69) is 0 Å². The van der Waals surface area contributed by atoms with Crippen molar-refractivity contribution in [2.45, 2.75) is 19.8 Å². The van der Waals surface area contributed by atoms with Crippen molar-refractivity contribution in [3.63, 3.8) is 0 Å². The molecule has 0 fully saturated rings. The topological polar surface area (TPSA) is 57.5 Å². The van der Waals surface area contributed by atoms with E-state index in [9.17, 15) is 9.18 Å². The Bertz CT molecular complexity index is 361. The Hall–Kier alpha value is -1.42. The van der Waals surface area contributed by atoms with Gasteiger partial charge in [-0.3, -0.25) is 4.79 Å². The van der Waals surface area contributed by atoms with Crippen LogP contribution in [0.1, 0.15) is 18.9 Å². The molecule has 0 radical (unpaired) electrons. The smallest absolute Gasteiger partial charge is 0.306 e. The van der Waals surface area contributed by atoms with Crippen LogP contribution in [0.3, 0.4) is 0 Å². The van der Waals surface area contributed by atoms with E-state index in [0.717, 1.165) is 5.56 Å². The SMILES string of the molecule is CC(CO)CC(Cc1ccc(F)cc1)C(=O)O. The number of aliphatic hydroxyl groups is 1. The molecule has 1 aromatic rings. The predicted molar refractivity (Wildman–Crippen MR) is 62.1 cm³/mol. The van der Waals surface area contributed by atoms with Crippen LogP contribution in [-0.4, -0.2) is 22.8 Å². The fourth-order valence-corrected chi connectivity index (χ4v) is 1.74. The van der Waals surface area contributed by atoms with E-state index in [-0.39, 0.29) is 18.3 Å². The highest BCUT2D eigenvalue weighted by Crippen LogP contribution is 2.18. The Kier molecular flexibility index (Phi) is 5.10. The maximum atomic E-state index is 12.7. The third kappa shape index (κ3) is 4.53. The number of halogens is 1. The Morgan fingerprint density at radius 2 is 1.94 bits per heavy atom. The van der Waals surface area contributed by atoms with E-state index in [1.165, 1.54) is 12.1 Å². The number of rotatable bonds is 6. The highest BCUT2D eigenvalue weighted by molar-refractivity contribution is 5.70. The van der Waals surface area contributed by atoms with Crippen LogP contribution in [0.15, 0.2) is 24.3 Å². The lowest BCUT2D eigenvalue weighted by Crippen LogP contribution is -2.20. The number of carbonyl (C=O) groups is 1. The summed E-state index contributed by atoms with van der Waals surface area (Å²) in [5.74, 6) is -1.79. The molecule has 0 bridgehead atoms. The molecule has 0 aliphatic rings. The second kappa shape index (κ2) is 6.35. The standard InChI is InChI=1S/C13H17FO3/c1-9(8-15)6-11(13(16)17)7-10-2-4-12(14)5-3-10/h2-5,9,11,15H,6-8H2,1H3,(H,16,17). The summed E-state index contributed by atoms with van der Waals surface area (Å²) < 4.78 is 12.7. The number of benzene rings is 1. The van der Waals surface area contributed by atoms with Gasteiger partial charge in [-0.05, 0) is 36.5 Å². The molecule has 0 saturated heterocycles. The molecule has 2 N–H and O–H groups in total. The summed E-state index contributed by atoms with van der Waals surface area (Å²) in [6.07, 6.45) is 0.781. The van der Waals surface area contributed by atoms with Crippen molar-refractivity contribution in [3.05, 3.63) is 35.6 Å². The fraction of sp³-hybridized carbons (Fsp3) is 0.462. The Labute approximate surface area is 99.9 Å². The van der Waals surface area contributed by atoms with Crippen LogP contribution in [0.5, 0.6) is 0 Å². The van der Waals surface area contributed by atoms with Gasteiger partial charge in [-0.2, -0.15) is 0 Å². The van der Waals surface area contributed by atoms with Crippen molar-refractivity contribution in [2.24, 2.45) is 11.8 Å². The van der Waals surface area contributed by atoms with Gasteiger partial charge in [0.15, 0.2) is 0 Å². The van der Waals surface area contributed by atoms with Crippen molar-refractivity contribution in [1.29, 1.82) is 0 Å². The number of hydrogen-bond acceptors (Lipinski definition) is 2. The first-order valence-corrected chi connectivity index (χ1v) is 5.61. The molecule has 0 spiro atoms. The van der Waals surface area contributed by atoms with E-state index in [1.54, 1.807) is 19.1 Å². The number of aliphatic hydroxyl groups excluding tert-OH is 1. The molecular formula is C13H17FO3. The van der Waals surface area contributed by atoms with Gasteiger partial charge < -0.3 is 10.2 Å². The summed E-state index contributed by atoms with van der Waals surface area (Å²) in [5.41, 5.74) is 0.795. The summed E-state index contributed by atoms with van der Waals surface area (Å²) in [6, 6.07) is 5.83. The molecule has 17 heavy (non-hydrogen) atoms. The van der Waals surface area contributed by atoms with E-state index >= 15 is 0 Å². The molecule has 0 amide bonds. The van der Waals surface area contributed by atoms with Crippen molar-refractivity contribution in [1.82, 2.24) is 0 Å². The van der Waals surface area contributed by atoms with Gasteiger partial charge in [0, 0.05) is 6.61 Å². The number of hydrogen-bond donors (Lipinski definition) is 2. The van der Waals surface area contributed by atoms with Crippen LogP contribution in [0.4, 0.5) is 4.39 Å². The van der Waals surface area contributed by atoms with Gasteiger partial charge in [0.1, 0.15) is 5.82 Å². The molecule has 0 aliphatic carbocycles. The largest absolute Gasteiger partial charge is 0.481 e. The van der Waals surface area contributed by atoms with E-state index in [1.807, 2.05) is 0 Å². The predicted octanol–water partition coefficient (Wildman–Crippen LogP) is 2.09. The summed E-state index contributed by atoms with van der Waals surface area (Å²) in [5, 5.41) is 18.0. The number of aliphatic carboxylic acids is 1. The summed E-state index contributed by atoms with van der Waals surface area (Å²) in [7, 11) is 0. The maximum absolute atomic E-state index is 12.7. The zero-order valence-electron chi connectivity index (χ0n) is 9.77. The molecular weight excluding hydrogens is 223 g/mol. The highest BCUT2D eigenvalue weighted by Gasteiger charge is 2.20. The minimum absolute atomic E-state index is 0.0206. The van der Waals surface area contributed by atoms with Crippen LogP contribution < -0.4 is 0 Å². The zero-order chi connectivity index (χ0) is 12.8. The molecule has 0 saturated carbocycles. The van der Waals surface area contributed by atoms with Gasteiger partial charge in [0.2, 0.25) is 0 Å². The molecule has 1 aromatic carbocycles. The Balaban J connectivity index is 2.66. The van der Waals surface area contributed by atoms with E-state index in [4.69, 9.17) is 10.2 Å². The van der Waals surface area contributed by atoms with Crippen molar-refractivity contribution in [2.75, 3.05) is 6.61 Å². The summed E-state index contributed by atoms with van der Waals surface area (Å²) in [4.78, 5) is 11.1. The van der Waals surface area contributed by atoms with Crippen LogP contribution in [0.2, 0.25) is 0 Å². The maximum Gasteiger partial charge on any atom is 0.306 e. The van der Waals surface area contributed by atoms with Crippen LogP contribution in [0, 0.1) is 17.7 Å². The van der Waals surface area contributed by atoms with Crippen molar-refractivity contribution < 1.29 is 19.4 Å². The molecule has 2 unspecified atom stereocenters. The second-order valence-corrected chi connectivity index (χ2v) is 4.39. The third-order valence-corrected chi connectivity index (χ3v) is 2.74.